The molecular formula is C48H88N18O10. The molecule has 1 saturated heterocycles. The Bertz CT molecular complexity index is 2020. The van der Waals surface area contributed by atoms with E-state index in [1.807, 2.05) is 13.8 Å². The summed E-state index contributed by atoms with van der Waals surface area (Å²) in [5.41, 5.74) is 39.8. The summed E-state index contributed by atoms with van der Waals surface area (Å²) in [6.45, 7) is 5.95. The number of rotatable bonds is 39. The van der Waals surface area contributed by atoms with E-state index in [1.54, 1.807) is 0 Å². The monoisotopic (exact) mass is 1080 g/mol. The number of aromatic nitrogens is 2. The van der Waals surface area contributed by atoms with Crippen LogP contribution in [0.1, 0.15) is 116 Å². The van der Waals surface area contributed by atoms with Crippen molar-refractivity contribution in [3.8, 4) is 0 Å². The molecule has 76 heavy (non-hydrogen) atoms. The predicted octanol–water partition coefficient (Wildman–Crippen LogP) is -5.31. The molecule has 0 saturated carbocycles. The number of amides is 8. The van der Waals surface area contributed by atoms with Gasteiger partial charge < -0.3 is 92.3 Å². The molecule has 9 atom stereocenters. The number of aromatic amines is 1. The highest BCUT2D eigenvalue weighted by molar-refractivity contribution is 5.97. The minimum Gasteiger partial charge on any atom is -0.389 e. The summed E-state index contributed by atoms with van der Waals surface area (Å²) < 4.78 is 0. The van der Waals surface area contributed by atoms with Gasteiger partial charge in [0.15, 0.2) is 11.7 Å². The summed E-state index contributed by atoms with van der Waals surface area (Å²) in [5, 5.41) is 29.2. The standard InChI is InChI=1S/C48H88N18O10/c1-28(2)57-20-7-5-13-33(37(67)17-16-30(41(53)70)11-9-21-58-48(54)55)63-44(73)35(23-31-25-56-27-60-31)64-45(74)36-15-10-22-66(36)47(76)34(14-8-19-50)62-39(69)26-59-42(71)29(3)61-46(75)40(38(68)24-51)65-43(72)32(52)12-4-6-18-49/h25,27-30,32-36,38,40,57,68H,4-24,26,49-52H2,1-3H3,(H2,53,70)(H,56,60)(H,59,71)(H,61,75)(H,62,69)(H,63,73)(H,64,74)(H,65,72)(H4,54,55,58)/t29-,30-,32-,33-,34+,35-,36-,38-,40-/m0/s1. The van der Waals surface area contributed by atoms with Crippen LogP contribution in [0.4, 0.5) is 0 Å². The molecule has 0 spiro atoms. The first kappa shape index (κ1) is 65.8. The van der Waals surface area contributed by atoms with E-state index in [0.29, 0.717) is 70.2 Å². The first-order chi connectivity index (χ1) is 36.1. The molecule has 1 aliphatic heterocycles. The summed E-state index contributed by atoms with van der Waals surface area (Å²) in [5.74, 6) is -6.80. The number of aliphatic imine (C=N–C) groups is 1. The van der Waals surface area contributed by atoms with Crippen LogP contribution in [0.5, 0.6) is 0 Å². The molecule has 430 valence electrons. The van der Waals surface area contributed by atoms with Gasteiger partial charge in [0.05, 0.1) is 31.1 Å². The van der Waals surface area contributed by atoms with Crippen LogP contribution >= 0.6 is 0 Å². The Hall–Kier alpha value is -6.33. The van der Waals surface area contributed by atoms with E-state index in [1.165, 1.54) is 24.3 Å². The molecule has 1 aliphatic rings. The number of unbranched alkanes of at least 4 members (excludes halogenated alkanes) is 2. The molecule has 0 radical (unpaired) electrons. The van der Waals surface area contributed by atoms with E-state index in [4.69, 9.17) is 40.1 Å². The Morgan fingerprint density at radius 2 is 1.47 bits per heavy atom. The molecular weight excluding hydrogens is 989 g/mol. The number of nitrogens with one attached hydrogen (secondary N) is 8. The van der Waals surface area contributed by atoms with E-state index in [0.717, 1.165) is 0 Å². The van der Waals surface area contributed by atoms with Crippen molar-refractivity contribution in [2.24, 2.45) is 51.0 Å². The van der Waals surface area contributed by atoms with Gasteiger partial charge in [0, 0.05) is 56.3 Å². The molecule has 28 nitrogen and oxygen atoms in total. The second-order valence-electron chi connectivity index (χ2n) is 19.4. The first-order valence-electron chi connectivity index (χ1n) is 26.3. The fraction of sp³-hybridized carbons (Fsp3) is 0.729. The number of carbonyl (C=O) groups is 9. The molecule has 28 heteroatoms. The summed E-state index contributed by atoms with van der Waals surface area (Å²) >= 11 is 0. The number of hydrogen-bond donors (Lipinski definition) is 16. The van der Waals surface area contributed by atoms with Gasteiger partial charge in [-0.25, -0.2) is 4.98 Å². The van der Waals surface area contributed by atoms with Gasteiger partial charge in [0.1, 0.15) is 30.2 Å². The van der Waals surface area contributed by atoms with E-state index in [9.17, 15) is 48.3 Å². The number of primary amides is 1. The van der Waals surface area contributed by atoms with Crippen LogP contribution in [0.2, 0.25) is 0 Å². The molecule has 2 rings (SSSR count). The lowest BCUT2D eigenvalue weighted by Crippen LogP contribution is -2.60. The van der Waals surface area contributed by atoms with Crippen LogP contribution in [0, 0.1) is 5.92 Å². The molecule has 2 heterocycles. The topological polar surface area (TPSA) is 484 Å². The Labute approximate surface area is 444 Å². The van der Waals surface area contributed by atoms with Gasteiger partial charge in [-0.05, 0) is 104 Å². The van der Waals surface area contributed by atoms with Crippen LogP contribution in [0.3, 0.4) is 0 Å². The van der Waals surface area contributed by atoms with Gasteiger partial charge in [-0.3, -0.25) is 48.1 Å². The Morgan fingerprint density at radius 1 is 0.776 bits per heavy atom. The number of H-pyrrole nitrogens is 1. The SMILES string of the molecule is CC(C)NCCCC[C@H](NC(=O)[C@H](Cc1cnc[nH]1)NC(=O)[C@@H]1CCCN1C(=O)[C@@H](CCCN)NC(=O)CNC(=O)[C@H](C)NC(=O)[C@@H](NC(=O)[C@@H](N)CCCCN)[C@@H](O)CN)C(=O)CC[C@H](CCCN=C(N)N)C(N)=O. The second-order valence-corrected chi connectivity index (χ2v) is 19.4. The van der Waals surface area contributed by atoms with Crippen LogP contribution < -0.4 is 77.4 Å². The van der Waals surface area contributed by atoms with Crippen molar-refractivity contribution in [3.05, 3.63) is 18.2 Å². The zero-order valence-electron chi connectivity index (χ0n) is 44.5. The number of likely N-dealkylation sites (tertiary alicyclic amines) is 1. The molecule has 8 amide bonds. The predicted molar refractivity (Wildman–Crippen MR) is 283 cm³/mol. The highest BCUT2D eigenvalue weighted by atomic mass is 16.3. The average molecular weight is 1080 g/mol. The van der Waals surface area contributed by atoms with Crippen molar-refractivity contribution >= 4 is 59.0 Å². The van der Waals surface area contributed by atoms with Crippen LogP contribution in [-0.4, -0.2) is 179 Å². The van der Waals surface area contributed by atoms with Crippen molar-refractivity contribution in [1.29, 1.82) is 0 Å². The van der Waals surface area contributed by atoms with E-state index in [2.05, 4.69) is 52.2 Å². The van der Waals surface area contributed by atoms with Gasteiger partial charge in [-0.15, -0.1) is 0 Å². The second kappa shape index (κ2) is 35.8. The third-order valence-corrected chi connectivity index (χ3v) is 12.8. The van der Waals surface area contributed by atoms with Crippen molar-refractivity contribution in [2.75, 3.05) is 45.8 Å². The number of guanidine groups is 1. The highest BCUT2D eigenvalue weighted by Crippen LogP contribution is 2.21. The molecule has 0 aromatic carbocycles. The van der Waals surface area contributed by atoms with Gasteiger partial charge >= 0.3 is 0 Å². The molecule has 1 aromatic heterocycles. The van der Waals surface area contributed by atoms with E-state index >= 15 is 0 Å². The molecule has 1 aromatic rings. The van der Waals surface area contributed by atoms with Crippen molar-refractivity contribution in [1.82, 2.24) is 52.1 Å². The lowest BCUT2D eigenvalue weighted by Gasteiger charge is -2.30. The lowest BCUT2D eigenvalue weighted by molar-refractivity contribution is -0.142. The fourth-order valence-electron chi connectivity index (χ4n) is 8.40. The number of Topliss-reactive ketones (excluding diaryl/α,β-unsaturated/α-hetero) is 1. The molecule has 0 unspecified atom stereocenters. The van der Waals surface area contributed by atoms with Gasteiger partial charge in [-0.2, -0.15) is 0 Å². The number of nitrogens with two attached hydrogens (primary N) is 7. The summed E-state index contributed by atoms with van der Waals surface area (Å²) in [6.07, 6.45) is 6.19. The Kier molecular flexibility index (Phi) is 31.0. The zero-order chi connectivity index (χ0) is 56.7. The highest BCUT2D eigenvalue weighted by Gasteiger charge is 2.40. The number of nitrogens with zero attached hydrogens (tertiary/aromatic N) is 3. The number of aliphatic hydroxyl groups is 1. The third-order valence-electron chi connectivity index (χ3n) is 12.8. The normalized spacial score (nSPS) is 16.4. The van der Waals surface area contributed by atoms with Gasteiger partial charge in [-0.1, -0.05) is 20.3 Å². The van der Waals surface area contributed by atoms with Crippen LogP contribution in [0.15, 0.2) is 17.5 Å². The zero-order valence-corrected chi connectivity index (χ0v) is 44.5. The lowest BCUT2D eigenvalue weighted by atomic mass is 9.92. The minimum atomic E-state index is -1.55. The van der Waals surface area contributed by atoms with Crippen molar-refractivity contribution < 1.29 is 48.3 Å². The van der Waals surface area contributed by atoms with Crippen LogP contribution in [-0.2, 0) is 49.6 Å². The fourth-order valence-corrected chi connectivity index (χ4v) is 8.40. The molecule has 0 bridgehead atoms. The molecule has 23 N–H and O–H groups in total. The molecule has 1 fully saturated rings. The Morgan fingerprint density at radius 3 is 2.11 bits per heavy atom. The number of aliphatic hydroxyl groups excluding tert-OH is 1. The van der Waals surface area contributed by atoms with Gasteiger partial charge in [0.25, 0.3) is 0 Å². The largest absolute Gasteiger partial charge is 0.389 e. The maximum Gasteiger partial charge on any atom is 0.245 e. The third kappa shape index (κ3) is 24.6. The number of carbonyl (C=O) groups excluding carboxylic acids is 9. The quantitative estimate of drug-likeness (QED) is 0.0166. The van der Waals surface area contributed by atoms with Crippen molar-refractivity contribution in [3.63, 3.8) is 0 Å². The summed E-state index contributed by atoms with van der Waals surface area (Å²) in [6, 6.07) is -8.04. The molecule has 0 aliphatic carbocycles. The van der Waals surface area contributed by atoms with Gasteiger partial charge in [0.2, 0.25) is 47.3 Å². The van der Waals surface area contributed by atoms with Crippen molar-refractivity contribution in [2.45, 2.75) is 172 Å². The van der Waals surface area contributed by atoms with Crippen LogP contribution in [0.25, 0.3) is 0 Å². The maximum absolute atomic E-state index is 14.3. The number of ketones is 1. The number of hydrogen-bond acceptors (Lipinski definition) is 17. The number of imidazole rings is 1. The average Bonchev–Trinajstić information content (AvgIpc) is 4.10. The van der Waals surface area contributed by atoms with E-state index < -0.39 is 115 Å². The minimum absolute atomic E-state index is 0.0579. The maximum atomic E-state index is 14.3. The summed E-state index contributed by atoms with van der Waals surface area (Å²) in [7, 11) is 0. The smallest absolute Gasteiger partial charge is 0.245 e. The van der Waals surface area contributed by atoms with E-state index in [-0.39, 0.29) is 82.4 Å². The summed E-state index contributed by atoms with van der Waals surface area (Å²) in [4.78, 5) is 133. The Balaban J connectivity index is 2.20. The first-order valence-corrected chi connectivity index (χ1v) is 26.3.